The molecule has 32 heavy (non-hydrogen) atoms. The first kappa shape index (κ1) is 20.2. The van der Waals surface area contributed by atoms with Crippen LogP contribution in [0, 0.1) is 0 Å². The second kappa shape index (κ2) is 8.46. The monoisotopic (exact) mass is 426 g/mol. The van der Waals surface area contributed by atoms with E-state index in [1.54, 1.807) is 19.5 Å². The lowest BCUT2D eigenvalue weighted by atomic mass is 9.74. The summed E-state index contributed by atoms with van der Waals surface area (Å²) in [4.78, 5) is 25.8. The molecule has 6 nitrogen and oxygen atoms in total. The summed E-state index contributed by atoms with van der Waals surface area (Å²) in [5.74, 6) is 1.68. The number of imidazole rings is 1. The highest BCUT2D eigenvalue weighted by Gasteiger charge is 2.45. The summed E-state index contributed by atoms with van der Waals surface area (Å²) in [6.07, 6.45) is 6.55. The van der Waals surface area contributed by atoms with Gasteiger partial charge < -0.3 is 15.0 Å². The maximum Gasteiger partial charge on any atom is 0.231 e. The standard InChI is InChI=1S/C26H26N4O2/c1-32-21-9-8-20(26(13-16-28-25(26)31)17-19-11-14-27-15-12-19)23-24(21)30-22(29-23)10-7-18-5-3-2-4-6-18/h2-6,8-9,11-12,14-15H,7,10,13,16-17H2,1H3,(H,28,31)(H,29,30). The number of hydrogen-bond donors (Lipinski definition) is 2. The van der Waals surface area contributed by atoms with E-state index >= 15 is 0 Å². The molecule has 2 aromatic carbocycles. The molecule has 1 aliphatic rings. The Kier molecular flexibility index (Phi) is 5.35. The summed E-state index contributed by atoms with van der Waals surface area (Å²) in [7, 11) is 1.66. The van der Waals surface area contributed by atoms with Crippen molar-refractivity contribution in [1.29, 1.82) is 0 Å². The zero-order chi connectivity index (χ0) is 22.0. The number of methoxy groups -OCH3 is 1. The smallest absolute Gasteiger partial charge is 0.231 e. The largest absolute Gasteiger partial charge is 0.494 e. The van der Waals surface area contributed by atoms with Gasteiger partial charge in [0.2, 0.25) is 5.91 Å². The second-order valence-corrected chi connectivity index (χ2v) is 8.33. The van der Waals surface area contributed by atoms with Crippen molar-refractivity contribution in [3.63, 3.8) is 0 Å². The van der Waals surface area contributed by atoms with Crippen molar-refractivity contribution >= 4 is 16.9 Å². The van der Waals surface area contributed by atoms with Gasteiger partial charge in [-0.3, -0.25) is 9.78 Å². The lowest BCUT2D eigenvalue weighted by molar-refractivity contribution is -0.123. The molecule has 2 N–H and O–H groups in total. The highest BCUT2D eigenvalue weighted by atomic mass is 16.5. The van der Waals surface area contributed by atoms with Crippen molar-refractivity contribution in [2.45, 2.75) is 31.1 Å². The molecule has 6 heteroatoms. The van der Waals surface area contributed by atoms with Gasteiger partial charge in [-0.25, -0.2) is 4.98 Å². The van der Waals surface area contributed by atoms with Gasteiger partial charge in [0.05, 0.1) is 18.0 Å². The fraction of sp³-hybridized carbons (Fsp3) is 0.269. The number of benzene rings is 2. The fourth-order valence-electron chi connectivity index (χ4n) is 4.74. The quantitative estimate of drug-likeness (QED) is 0.472. The molecule has 1 fully saturated rings. The number of ether oxygens (including phenoxy) is 1. The number of nitrogens with one attached hydrogen (secondary N) is 2. The van der Waals surface area contributed by atoms with E-state index in [0.717, 1.165) is 53.0 Å². The van der Waals surface area contributed by atoms with Gasteiger partial charge in [0.1, 0.15) is 17.1 Å². The highest BCUT2D eigenvalue weighted by molar-refractivity contribution is 5.97. The van der Waals surface area contributed by atoms with Gasteiger partial charge in [-0.05, 0) is 54.2 Å². The number of pyridine rings is 1. The molecular formula is C26H26N4O2. The highest BCUT2D eigenvalue weighted by Crippen LogP contribution is 2.41. The van der Waals surface area contributed by atoms with Gasteiger partial charge in [-0.2, -0.15) is 0 Å². The molecule has 1 unspecified atom stereocenters. The SMILES string of the molecule is COc1ccc(C2(Cc3ccncc3)CCNC2=O)c2nc(CCc3ccccc3)[nH]c12. The van der Waals surface area contributed by atoms with Crippen LogP contribution in [-0.2, 0) is 29.5 Å². The number of nitrogens with zero attached hydrogens (tertiary/aromatic N) is 2. The minimum Gasteiger partial charge on any atom is -0.494 e. The van der Waals surface area contributed by atoms with Gasteiger partial charge in [0.15, 0.2) is 0 Å². The number of carbonyl (C=O) groups excluding carboxylic acids is 1. The number of fused-ring (bicyclic) bond motifs is 1. The van der Waals surface area contributed by atoms with Crippen LogP contribution in [0.2, 0.25) is 0 Å². The fourth-order valence-corrected chi connectivity index (χ4v) is 4.74. The van der Waals surface area contributed by atoms with Crippen LogP contribution in [0.4, 0.5) is 0 Å². The number of aromatic nitrogens is 3. The topological polar surface area (TPSA) is 79.9 Å². The van der Waals surface area contributed by atoms with Crippen LogP contribution in [0.5, 0.6) is 5.75 Å². The summed E-state index contributed by atoms with van der Waals surface area (Å²) < 4.78 is 5.62. The molecule has 0 bridgehead atoms. The number of H-pyrrole nitrogens is 1. The first-order chi connectivity index (χ1) is 15.7. The first-order valence-corrected chi connectivity index (χ1v) is 11.0. The van der Waals surface area contributed by atoms with E-state index in [4.69, 9.17) is 9.72 Å². The molecule has 1 saturated heterocycles. The number of aryl methyl sites for hydroxylation is 2. The number of aromatic amines is 1. The van der Waals surface area contributed by atoms with E-state index in [0.29, 0.717) is 13.0 Å². The molecule has 162 valence electrons. The average Bonchev–Trinajstić information content (AvgIpc) is 3.42. The van der Waals surface area contributed by atoms with Gasteiger partial charge >= 0.3 is 0 Å². The molecule has 1 amide bonds. The third-order valence-electron chi connectivity index (χ3n) is 6.41. The Balaban J connectivity index is 1.57. The van der Waals surface area contributed by atoms with Crippen molar-refractivity contribution in [2.75, 3.05) is 13.7 Å². The van der Waals surface area contributed by atoms with E-state index in [-0.39, 0.29) is 5.91 Å². The summed E-state index contributed by atoms with van der Waals surface area (Å²) in [6, 6.07) is 18.3. The average molecular weight is 427 g/mol. The summed E-state index contributed by atoms with van der Waals surface area (Å²) in [6.45, 7) is 0.655. The van der Waals surface area contributed by atoms with Crippen LogP contribution in [0.1, 0.15) is 28.9 Å². The molecule has 1 aliphatic heterocycles. The summed E-state index contributed by atoms with van der Waals surface area (Å²) >= 11 is 0. The van der Waals surface area contributed by atoms with Crippen LogP contribution in [-0.4, -0.2) is 34.5 Å². The predicted octanol–water partition coefficient (Wildman–Crippen LogP) is 3.75. The van der Waals surface area contributed by atoms with Crippen LogP contribution in [0.3, 0.4) is 0 Å². The van der Waals surface area contributed by atoms with E-state index in [1.807, 2.05) is 30.3 Å². The lowest BCUT2D eigenvalue weighted by Crippen LogP contribution is -2.38. The minimum atomic E-state index is -0.669. The van der Waals surface area contributed by atoms with Crippen molar-refractivity contribution in [2.24, 2.45) is 0 Å². The first-order valence-electron chi connectivity index (χ1n) is 11.0. The molecule has 4 aromatic rings. The van der Waals surface area contributed by atoms with E-state index in [9.17, 15) is 4.79 Å². The molecule has 3 heterocycles. The van der Waals surface area contributed by atoms with Crippen molar-refractivity contribution < 1.29 is 9.53 Å². The molecule has 0 spiro atoms. The Morgan fingerprint density at radius 1 is 1.00 bits per heavy atom. The van der Waals surface area contributed by atoms with Gasteiger partial charge in [0, 0.05) is 25.4 Å². The molecule has 0 saturated carbocycles. The van der Waals surface area contributed by atoms with Crippen molar-refractivity contribution in [3.8, 4) is 5.75 Å². The molecule has 5 rings (SSSR count). The second-order valence-electron chi connectivity index (χ2n) is 8.33. The maximum absolute atomic E-state index is 13.2. The van der Waals surface area contributed by atoms with E-state index in [1.165, 1.54) is 5.56 Å². The van der Waals surface area contributed by atoms with Crippen LogP contribution in [0.15, 0.2) is 67.0 Å². The predicted molar refractivity (Wildman–Crippen MR) is 124 cm³/mol. The van der Waals surface area contributed by atoms with Crippen molar-refractivity contribution in [3.05, 3.63) is 89.5 Å². The summed E-state index contributed by atoms with van der Waals surface area (Å²) in [5.41, 5.74) is 4.30. The number of hydrogen-bond acceptors (Lipinski definition) is 4. The number of rotatable bonds is 7. The molecule has 1 atom stereocenters. The number of amides is 1. The number of carbonyl (C=O) groups is 1. The van der Waals surface area contributed by atoms with Gasteiger partial charge in [-0.15, -0.1) is 0 Å². The lowest BCUT2D eigenvalue weighted by Gasteiger charge is -2.27. The Bertz CT molecular complexity index is 1240. The summed E-state index contributed by atoms with van der Waals surface area (Å²) in [5, 5.41) is 3.05. The van der Waals surface area contributed by atoms with E-state index < -0.39 is 5.41 Å². The van der Waals surface area contributed by atoms with Crippen LogP contribution >= 0.6 is 0 Å². The zero-order valence-electron chi connectivity index (χ0n) is 18.1. The molecular weight excluding hydrogens is 400 g/mol. The minimum absolute atomic E-state index is 0.0506. The van der Waals surface area contributed by atoms with E-state index in [2.05, 4.69) is 39.6 Å². The molecule has 0 aliphatic carbocycles. The van der Waals surface area contributed by atoms with Crippen molar-refractivity contribution in [1.82, 2.24) is 20.3 Å². The normalized spacial score (nSPS) is 18.1. The van der Waals surface area contributed by atoms with Gasteiger partial charge in [0.25, 0.3) is 0 Å². The van der Waals surface area contributed by atoms with Crippen LogP contribution < -0.4 is 10.1 Å². The Morgan fingerprint density at radius 3 is 2.53 bits per heavy atom. The Hall–Kier alpha value is -3.67. The molecule has 0 radical (unpaired) electrons. The Morgan fingerprint density at radius 2 is 1.81 bits per heavy atom. The Labute approximate surface area is 187 Å². The molecule has 2 aromatic heterocycles. The maximum atomic E-state index is 13.2. The van der Waals surface area contributed by atoms with Gasteiger partial charge in [-0.1, -0.05) is 36.4 Å². The third kappa shape index (κ3) is 3.62. The third-order valence-corrected chi connectivity index (χ3v) is 6.41. The zero-order valence-corrected chi connectivity index (χ0v) is 18.1. The van der Waals surface area contributed by atoms with Crippen LogP contribution in [0.25, 0.3) is 11.0 Å².